The molecule has 0 saturated carbocycles. The molecule has 18 nitrogen and oxygen atoms in total. The van der Waals surface area contributed by atoms with E-state index in [0.717, 1.165) is 0 Å². The Hall–Kier alpha value is -4.91. The number of carbonyl (C=O) groups excluding carboxylic acids is 7. The predicted molar refractivity (Wildman–Crippen MR) is 213 cm³/mol. The van der Waals surface area contributed by atoms with Gasteiger partial charge in [-0.15, -0.1) is 0 Å². The maximum absolute atomic E-state index is 13.9. The van der Waals surface area contributed by atoms with Crippen molar-refractivity contribution < 1.29 is 52.9 Å². The van der Waals surface area contributed by atoms with Crippen LogP contribution >= 0.6 is 11.8 Å². The van der Waals surface area contributed by atoms with E-state index in [1.807, 2.05) is 25.5 Å². The van der Waals surface area contributed by atoms with Gasteiger partial charge in [0.25, 0.3) is 5.91 Å². The number of ether oxygens (including phenoxy) is 2. The van der Waals surface area contributed by atoms with E-state index in [-0.39, 0.29) is 38.2 Å². The smallest absolute Gasteiger partial charge is 0.408 e. The van der Waals surface area contributed by atoms with Crippen LogP contribution in [-0.2, 0) is 49.6 Å². The number of amides is 6. The number of carboxylic acids is 1. The van der Waals surface area contributed by atoms with Crippen LogP contribution in [0.1, 0.15) is 92.6 Å². The molecule has 0 unspecified atom stereocenters. The molecule has 57 heavy (non-hydrogen) atoms. The maximum atomic E-state index is 13.9. The molecule has 19 heteroatoms. The molecule has 0 fully saturated rings. The fourth-order valence-corrected chi connectivity index (χ4v) is 5.72. The predicted octanol–water partition coefficient (Wildman–Crippen LogP) is 1.65. The molecular weight excluding hydrogens is 763 g/mol. The zero-order valence-electron chi connectivity index (χ0n) is 34.1. The van der Waals surface area contributed by atoms with E-state index < -0.39 is 95.7 Å². The second kappa shape index (κ2) is 25.4. The van der Waals surface area contributed by atoms with Crippen LogP contribution in [-0.4, -0.2) is 100 Å². The minimum absolute atomic E-state index is 0.0554. The van der Waals surface area contributed by atoms with Crippen molar-refractivity contribution in [1.82, 2.24) is 32.0 Å². The quantitative estimate of drug-likeness (QED) is 0.0319. The van der Waals surface area contributed by atoms with Crippen LogP contribution in [0.2, 0.25) is 0 Å². The van der Waals surface area contributed by atoms with Crippen LogP contribution in [0.3, 0.4) is 0 Å². The van der Waals surface area contributed by atoms with Crippen molar-refractivity contribution in [3.8, 4) is 0 Å². The van der Waals surface area contributed by atoms with Gasteiger partial charge in [0.15, 0.2) is 0 Å². The van der Waals surface area contributed by atoms with Crippen molar-refractivity contribution >= 4 is 59.3 Å². The van der Waals surface area contributed by atoms with Crippen molar-refractivity contribution in [2.75, 3.05) is 12.0 Å². The van der Waals surface area contributed by atoms with E-state index in [2.05, 4.69) is 26.6 Å². The third-order valence-electron chi connectivity index (χ3n) is 8.42. The number of carboxylic acid groups (broad SMARTS) is 1. The zero-order chi connectivity index (χ0) is 43.3. The van der Waals surface area contributed by atoms with Gasteiger partial charge >= 0.3 is 18.0 Å². The Balaban J connectivity index is 3.40. The van der Waals surface area contributed by atoms with Crippen LogP contribution in [0.25, 0.3) is 0 Å². The fraction of sp³-hybridized carbons (Fsp3) is 0.632. The second-order valence-electron chi connectivity index (χ2n) is 15.0. The number of hydrazine groups is 1. The van der Waals surface area contributed by atoms with Gasteiger partial charge in [0.05, 0.1) is 6.42 Å². The lowest BCUT2D eigenvalue weighted by molar-refractivity contribution is -0.145. The number of hydrogen-bond donors (Lipinski definition) is 8. The molecule has 0 aliphatic heterocycles. The SMILES string of the molecule is CC[C@H](C)[C@H](NC(=O)[C@H](CC(=O)O)NC(=O)[C@H](CCC(=O)OCc1ccccc1)NC(=O)[C@H](CC(C)C)NC(=O)OC(C)(C)C)C(=O)N[C@@H](CCSC)C(=O)NN. The molecule has 6 atom stereocenters. The summed E-state index contributed by atoms with van der Waals surface area (Å²) in [5.74, 6) is -1.25. The first-order chi connectivity index (χ1) is 26.7. The van der Waals surface area contributed by atoms with Crippen LogP contribution < -0.4 is 37.9 Å². The molecule has 320 valence electrons. The summed E-state index contributed by atoms with van der Waals surface area (Å²) >= 11 is 1.44. The molecule has 1 aromatic rings. The minimum Gasteiger partial charge on any atom is -0.481 e. The monoisotopic (exact) mass is 823 g/mol. The van der Waals surface area contributed by atoms with Gasteiger partial charge in [-0.1, -0.05) is 64.4 Å². The molecule has 0 heterocycles. The summed E-state index contributed by atoms with van der Waals surface area (Å²) in [6.45, 7) is 11.9. The highest BCUT2D eigenvalue weighted by Gasteiger charge is 2.35. The number of benzene rings is 1. The van der Waals surface area contributed by atoms with Crippen molar-refractivity contribution in [2.45, 2.75) is 129 Å². The number of aliphatic carboxylic acids is 1. The number of nitrogens with one attached hydrogen (secondary N) is 6. The molecule has 0 spiro atoms. The van der Waals surface area contributed by atoms with Crippen LogP contribution in [0.5, 0.6) is 0 Å². The summed E-state index contributed by atoms with van der Waals surface area (Å²) in [7, 11) is 0. The summed E-state index contributed by atoms with van der Waals surface area (Å²) in [4.78, 5) is 104. The average Bonchev–Trinajstić information content (AvgIpc) is 3.13. The number of hydrogen-bond acceptors (Lipinski definition) is 12. The molecule has 9 N–H and O–H groups in total. The Morgan fingerprint density at radius 2 is 1.33 bits per heavy atom. The van der Waals surface area contributed by atoms with Crippen molar-refractivity contribution in [1.29, 1.82) is 0 Å². The number of alkyl carbamates (subject to hydrolysis) is 1. The van der Waals surface area contributed by atoms with Gasteiger partial charge in [-0.25, -0.2) is 10.6 Å². The van der Waals surface area contributed by atoms with Crippen molar-refractivity contribution in [3.05, 3.63) is 35.9 Å². The van der Waals surface area contributed by atoms with E-state index in [1.54, 1.807) is 65.0 Å². The lowest BCUT2D eigenvalue weighted by Gasteiger charge is -2.29. The van der Waals surface area contributed by atoms with Gasteiger partial charge in [-0.2, -0.15) is 11.8 Å². The number of rotatable bonds is 24. The molecule has 0 aliphatic carbocycles. The molecule has 1 aromatic carbocycles. The maximum Gasteiger partial charge on any atom is 0.408 e. The minimum atomic E-state index is -1.76. The highest BCUT2D eigenvalue weighted by molar-refractivity contribution is 7.98. The lowest BCUT2D eigenvalue weighted by atomic mass is 9.97. The normalized spacial score (nSPS) is 14.4. The van der Waals surface area contributed by atoms with Crippen LogP contribution in [0, 0.1) is 11.8 Å². The van der Waals surface area contributed by atoms with E-state index in [1.165, 1.54) is 11.8 Å². The van der Waals surface area contributed by atoms with Crippen LogP contribution in [0.4, 0.5) is 4.79 Å². The topological polar surface area (TPSA) is 273 Å². The Bertz CT molecular complexity index is 1510. The number of thioether (sulfide) groups is 1. The number of nitrogens with two attached hydrogens (primary N) is 1. The summed E-state index contributed by atoms with van der Waals surface area (Å²) < 4.78 is 10.6. The van der Waals surface area contributed by atoms with Crippen LogP contribution in [0.15, 0.2) is 30.3 Å². The molecule has 0 aliphatic rings. The van der Waals surface area contributed by atoms with Gasteiger partial charge in [0.1, 0.15) is 42.4 Å². The standard InChI is InChI=1S/C38H61N7O11S/c1-9-23(4)31(36(53)41-26(17-18-57-8)35(52)45-39)44-34(51)28(20-29(46)47)42-32(49)25(15-16-30(48)55-21-24-13-11-10-12-14-24)40-33(50)27(19-22(2)3)43-37(54)56-38(5,6)7/h10-14,22-23,25-28,31H,9,15-21,39H2,1-8H3,(H,40,50)(H,41,53)(H,42,49)(H,43,54)(H,44,51)(H,45,52)(H,46,47)/t23-,25-,26-,27-,28-,31-/m0/s1. The highest BCUT2D eigenvalue weighted by atomic mass is 32.2. The van der Waals surface area contributed by atoms with Crippen molar-refractivity contribution in [3.63, 3.8) is 0 Å². The Labute approximate surface area is 338 Å². The summed E-state index contributed by atoms with van der Waals surface area (Å²) in [6.07, 6.45) is 0.0403. The Morgan fingerprint density at radius 1 is 0.772 bits per heavy atom. The number of esters is 1. The van der Waals surface area contributed by atoms with E-state index in [0.29, 0.717) is 17.7 Å². The molecule has 1 rings (SSSR count). The zero-order valence-corrected chi connectivity index (χ0v) is 34.9. The first kappa shape index (κ1) is 50.1. The third kappa shape index (κ3) is 20.2. The Kier molecular flexibility index (Phi) is 22.3. The van der Waals surface area contributed by atoms with Gasteiger partial charge in [-0.3, -0.25) is 39.0 Å². The first-order valence-corrected chi connectivity index (χ1v) is 20.2. The van der Waals surface area contributed by atoms with E-state index in [4.69, 9.17) is 15.3 Å². The summed E-state index contributed by atoms with van der Waals surface area (Å²) in [6, 6.07) is 2.07. The molecule has 0 aromatic heterocycles. The average molecular weight is 824 g/mol. The highest BCUT2D eigenvalue weighted by Crippen LogP contribution is 2.13. The van der Waals surface area contributed by atoms with Gasteiger partial charge in [0, 0.05) is 6.42 Å². The largest absolute Gasteiger partial charge is 0.481 e. The fourth-order valence-electron chi connectivity index (χ4n) is 5.24. The summed E-state index contributed by atoms with van der Waals surface area (Å²) in [5.41, 5.74) is 1.84. The van der Waals surface area contributed by atoms with Gasteiger partial charge in [0.2, 0.25) is 23.6 Å². The Morgan fingerprint density at radius 3 is 1.88 bits per heavy atom. The molecular formula is C38H61N7O11S. The molecule has 0 bridgehead atoms. The molecule has 0 saturated heterocycles. The first-order valence-electron chi connectivity index (χ1n) is 18.8. The molecule has 0 radical (unpaired) electrons. The van der Waals surface area contributed by atoms with E-state index in [9.17, 15) is 43.5 Å². The third-order valence-corrected chi connectivity index (χ3v) is 9.06. The lowest BCUT2D eigenvalue weighted by Crippen LogP contribution is -2.60. The van der Waals surface area contributed by atoms with E-state index >= 15 is 0 Å². The molecule has 6 amide bonds. The second-order valence-corrected chi connectivity index (χ2v) is 15.9. The van der Waals surface area contributed by atoms with Gasteiger partial charge in [-0.05, 0) is 69.4 Å². The van der Waals surface area contributed by atoms with Crippen molar-refractivity contribution in [2.24, 2.45) is 17.7 Å². The number of carbonyl (C=O) groups is 8. The van der Waals surface area contributed by atoms with Gasteiger partial charge < -0.3 is 41.2 Å². The summed E-state index contributed by atoms with van der Waals surface area (Å²) in [5, 5.41) is 22.2.